The van der Waals surface area contributed by atoms with Gasteiger partial charge in [0.2, 0.25) is 0 Å². The van der Waals surface area contributed by atoms with Crippen molar-refractivity contribution in [2.45, 2.75) is 43.6 Å². The maximum absolute atomic E-state index is 11.9. The van der Waals surface area contributed by atoms with E-state index in [9.17, 15) is 9.90 Å². The molecular weight excluding hydrogens is 316 g/mol. The first kappa shape index (κ1) is 16.9. The van der Waals surface area contributed by atoms with Crippen molar-refractivity contribution in [2.75, 3.05) is 26.3 Å². The number of carbonyl (C=O) groups is 1. The van der Waals surface area contributed by atoms with Gasteiger partial charge in [0.1, 0.15) is 0 Å². The Morgan fingerprint density at radius 3 is 3.00 bits per heavy atom. The van der Waals surface area contributed by atoms with Crippen molar-refractivity contribution in [1.29, 1.82) is 0 Å². The van der Waals surface area contributed by atoms with Gasteiger partial charge in [-0.25, -0.2) is 4.79 Å². The summed E-state index contributed by atoms with van der Waals surface area (Å²) in [5, 5.41) is 15.5. The Hall–Kier alpha value is -1.59. The summed E-state index contributed by atoms with van der Waals surface area (Å²) in [7, 11) is 0. The van der Waals surface area contributed by atoms with Crippen LogP contribution < -0.4 is 10.6 Å². The molecule has 0 radical (unpaired) electrons. The molecule has 0 saturated heterocycles. The van der Waals surface area contributed by atoms with Crippen molar-refractivity contribution < 1.29 is 14.6 Å². The number of fused-ring (bicyclic) bond motifs is 2. The molecule has 25 heavy (non-hydrogen) atoms. The molecule has 3 aliphatic carbocycles. The van der Waals surface area contributed by atoms with E-state index in [0.717, 1.165) is 13.0 Å². The minimum atomic E-state index is -0.640. The molecule has 0 aromatic heterocycles. The van der Waals surface area contributed by atoms with E-state index in [1.165, 1.54) is 36.8 Å². The number of urea groups is 1. The molecule has 1 aromatic carbocycles. The first-order valence-corrected chi connectivity index (χ1v) is 9.53. The summed E-state index contributed by atoms with van der Waals surface area (Å²) in [5.41, 5.74) is 3.27. The summed E-state index contributed by atoms with van der Waals surface area (Å²) >= 11 is 0. The predicted octanol–water partition coefficient (Wildman–Crippen LogP) is 1.98. The molecule has 5 heteroatoms. The van der Waals surface area contributed by atoms with E-state index in [4.69, 9.17) is 4.74 Å². The van der Waals surface area contributed by atoms with E-state index in [1.807, 2.05) is 0 Å². The number of aliphatic hydroxyl groups excluding tert-OH is 1. The smallest absolute Gasteiger partial charge is 0.314 e. The van der Waals surface area contributed by atoms with Crippen molar-refractivity contribution in [3.63, 3.8) is 0 Å². The van der Waals surface area contributed by atoms with Gasteiger partial charge in [-0.1, -0.05) is 24.3 Å². The summed E-state index contributed by atoms with van der Waals surface area (Å²) in [6.07, 6.45) is 5.37. The van der Waals surface area contributed by atoms with Gasteiger partial charge in [-0.2, -0.15) is 0 Å². The summed E-state index contributed by atoms with van der Waals surface area (Å²) in [4.78, 5) is 11.9. The van der Waals surface area contributed by atoms with Gasteiger partial charge in [0, 0.05) is 25.1 Å². The van der Waals surface area contributed by atoms with Crippen LogP contribution in [0.25, 0.3) is 0 Å². The van der Waals surface area contributed by atoms with Crippen LogP contribution in [0.1, 0.15) is 36.8 Å². The second kappa shape index (κ2) is 6.96. The first-order valence-electron chi connectivity index (χ1n) is 9.53. The third-order valence-electron chi connectivity index (χ3n) is 5.99. The molecule has 0 bridgehead atoms. The van der Waals surface area contributed by atoms with Crippen LogP contribution in [0.3, 0.4) is 0 Å². The maximum atomic E-state index is 11.9. The zero-order valence-electron chi connectivity index (χ0n) is 14.7. The third kappa shape index (κ3) is 3.82. The lowest BCUT2D eigenvalue weighted by molar-refractivity contribution is 0.0337. The van der Waals surface area contributed by atoms with Gasteiger partial charge in [-0.15, -0.1) is 0 Å². The summed E-state index contributed by atoms with van der Waals surface area (Å²) in [6.45, 7) is 1.96. The summed E-state index contributed by atoms with van der Waals surface area (Å²) in [5.74, 6) is 1.23. The van der Waals surface area contributed by atoms with Crippen molar-refractivity contribution in [2.24, 2.45) is 11.8 Å². The van der Waals surface area contributed by atoms with Crippen molar-refractivity contribution >= 4 is 6.03 Å². The lowest BCUT2D eigenvalue weighted by atomic mass is 9.95. The number of aliphatic hydroxyl groups is 1. The second-order valence-electron chi connectivity index (χ2n) is 7.94. The van der Waals surface area contributed by atoms with Gasteiger partial charge < -0.3 is 20.5 Å². The fourth-order valence-electron chi connectivity index (χ4n) is 4.20. The lowest BCUT2D eigenvalue weighted by Crippen LogP contribution is -2.42. The topological polar surface area (TPSA) is 70.6 Å². The van der Waals surface area contributed by atoms with Gasteiger partial charge in [0.15, 0.2) is 0 Å². The number of amides is 2. The Labute approximate surface area is 149 Å². The average molecular weight is 344 g/mol. The zero-order valence-corrected chi connectivity index (χ0v) is 14.7. The SMILES string of the molecule is O=C(NCC(O)COCC1CC1)NCC1CC12CCc1ccccc12. The van der Waals surface area contributed by atoms with Gasteiger partial charge in [0.05, 0.1) is 12.7 Å². The standard InChI is InChI=1S/C20H28N2O3/c23-17(13-25-12-14-5-6-14)11-22-19(24)21-10-16-9-20(16)8-7-15-3-1-2-4-18(15)20/h1-4,14,16-17,23H,5-13H2,(H2,21,22,24). The lowest BCUT2D eigenvalue weighted by Gasteiger charge is -2.14. The van der Waals surface area contributed by atoms with Crippen LogP contribution >= 0.6 is 0 Å². The quantitative estimate of drug-likeness (QED) is 0.675. The number of hydrogen-bond acceptors (Lipinski definition) is 3. The molecule has 2 saturated carbocycles. The number of nitrogens with one attached hydrogen (secondary N) is 2. The van der Waals surface area contributed by atoms with E-state index in [1.54, 1.807) is 0 Å². The first-order chi connectivity index (χ1) is 12.2. The largest absolute Gasteiger partial charge is 0.389 e. The van der Waals surface area contributed by atoms with E-state index in [0.29, 0.717) is 30.4 Å². The monoisotopic (exact) mass is 344 g/mol. The number of benzene rings is 1. The number of carbonyl (C=O) groups excluding carboxylic acids is 1. The highest BCUT2D eigenvalue weighted by Crippen LogP contribution is 2.61. The van der Waals surface area contributed by atoms with Crippen LogP contribution in [0.4, 0.5) is 4.79 Å². The second-order valence-corrected chi connectivity index (χ2v) is 7.94. The van der Waals surface area contributed by atoms with E-state index in [2.05, 4.69) is 34.9 Å². The average Bonchev–Trinajstić information content (AvgIpc) is 3.51. The molecule has 5 nitrogen and oxygen atoms in total. The molecular formula is C20H28N2O3. The zero-order chi connectivity index (χ0) is 17.3. The van der Waals surface area contributed by atoms with Gasteiger partial charge in [0.25, 0.3) is 0 Å². The predicted molar refractivity (Wildman–Crippen MR) is 95.5 cm³/mol. The molecule has 136 valence electrons. The molecule has 0 heterocycles. The van der Waals surface area contributed by atoms with Crippen LogP contribution in [-0.2, 0) is 16.6 Å². The Morgan fingerprint density at radius 1 is 1.32 bits per heavy atom. The maximum Gasteiger partial charge on any atom is 0.314 e. The molecule has 3 unspecified atom stereocenters. The van der Waals surface area contributed by atoms with E-state index >= 15 is 0 Å². The Balaban J connectivity index is 1.14. The Kier molecular flexibility index (Phi) is 4.69. The number of ether oxygens (including phenoxy) is 1. The number of rotatable bonds is 8. The molecule has 0 aliphatic heterocycles. The van der Waals surface area contributed by atoms with Crippen LogP contribution in [0.2, 0.25) is 0 Å². The van der Waals surface area contributed by atoms with E-state index < -0.39 is 6.10 Å². The Bertz CT molecular complexity index is 631. The van der Waals surface area contributed by atoms with Crippen LogP contribution in [0, 0.1) is 11.8 Å². The highest BCUT2D eigenvalue weighted by molar-refractivity contribution is 5.74. The fourth-order valence-corrected chi connectivity index (χ4v) is 4.20. The minimum absolute atomic E-state index is 0.199. The normalized spacial score (nSPS) is 27.8. The molecule has 1 spiro atoms. The van der Waals surface area contributed by atoms with Gasteiger partial charge in [-0.05, 0) is 55.1 Å². The third-order valence-corrected chi connectivity index (χ3v) is 5.99. The van der Waals surface area contributed by atoms with Crippen LogP contribution in [0.5, 0.6) is 0 Å². The van der Waals surface area contributed by atoms with Crippen molar-refractivity contribution in [3.05, 3.63) is 35.4 Å². The van der Waals surface area contributed by atoms with Gasteiger partial charge in [-0.3, -0.25) is 0 Å². The van der Waals surface area contributed by atoms with Crippen LogP contribution in [0.15, 0.2) is 24.3 Å². The molecule has 2 fully saturated rings. The number of hydrogen-bond donors (Lipinski definition) is 3. The molecule has 3 aliphatic rings. The van der Waals surface area contributed by atoms with E-state index in [-0.39, 0.29) is 12.6 Å². The molecule has 3 N–H and O–H groups in total. The molecule has 4 rings (SSSR count). The summed E-state index contributed by atoms with van der Waals surface area (Å²) in [6, 6.07) is 8.51. The van der Waals surface area contributed by atoms with Crippen molar-refractivity contribution in [1.82, 2.24) is 10.6 Å². The van der Waals surface area contributed by atoms with Gasteiger partial charge >= 0.3 is 6.03 Å². The van der Waals surface area contributed by atoms with Crippen LogP contribution in [-0.4, -0.2) is 43.5 Å². The molecule has 2 amide bonds. The molecule has 1 aromatic rings. The summed E-state index contributed by atoms with van der Waals surface area (Å²) < 4.78 is 5.43. The number of aryl methyl sites for hydroxylation is 1. The van der Waals surface area contributed by atoms with Crippen molar-refractivity contribution in [3.8, 4) is 0 Å². The fraction of sp³-hybridized carbons (Fsp3) is 0.650. The molecule has 3 atom stereocenters. The highest BCUT2D eigenvalue weighted by Gasteiger charge is 2.57. The Morgan fingerprint density at radius 2 is 2.16 bits per heavy atom. The minimum Gasteiger partial charge on any atom is -0.389 e. The highest BCUT2D eigenvalue weighted by atomic mass is 16.5.